The van der Waals surface area contributed by atoms with Gasteiger partial charge in [-0.1, -0.05) is 84.9 Å². The number of rotatable bonds is 3. The lowest BCUT2D eigenvalue weighted by Crippen LogP contribution is -1.93. The van der Waals surface area contributed by atoms with Crippen LogP contribution in [0.25, 0.3) is 77.3 Å². The van der Waals surface area contributed by atoms with Crippen LogP contribution in [0.2, 0.25) is 0 Å². The molecule has 0 spiro atoms. The van der Waals surface area contributed by atoms with E-state index in [0.29, 0.717) is 5.56 Å². The minimum atomic E-state index is 0.640. The van der Waals surface area contributed by atoms with Crippen LogP contribution < -0.4 is 0 Å². The van der Waals surface area contributed by atoms with Crippen LogP contribution in [0.1, 0.15) is 5.56 Å². The summed E-state index contributed by atoms with van der Waals surface area (Å²) >= 11 is 0. The molecule has 40 heavy (non-hydrogen) atoms. The van der Waals surface area contributed by atoms with E-state index in [1.54, 1.807) is 0 Å². The van der Waals surface area contributed by atoms with Crippen molar-refractivity contribution in [1.29, 1.82) is 5.26 Å². The Morgan fingerprint density at radius 3 is 1.48 bits per heavy atom. The first-order valence-electron chi connectivity index (χ1n) is 13.2. The molecule has 0 amide bonds. The number of nitrogens with zero attached hydrogens (tertiary/aromatic N) is 1. The normalized spacial score (nSPS) is 11.5. The largest absolute Gasteiger partial charge is 0.456 e. The second kappa shape index (κ2) is 8.73. The van der Waals surface area contributed by atoms with E-state index in [1.165, 1.54) is 0 Å². The highest BCUT2D eigenvalue weighted by molar-refractivity contribution is 6.09. The van der Waals surface area contributed by atoms with E-state index in [2.05, 4.69) is 60.7 Å². The molecular formula is C37H21NO2. The smallest absolute Gasteiger partial charge is 0.135 e. The zero-order chi connectivity index (χ0) is 26.6. The van der Waals surface area contributed by atoms with Gasteiger partial charge in [-0.3, -0.25) is 0 Å². The number of para-hydroxylation sites is 2. The molecular weight excluding hydrogens is 490 g/mol. The minimum Gasteiger partial charge on any atom is -0.456 e. The summed E-state index contributed by atoms with van der Waals surface area (Å²) in [6.07, 6.45) is 0. The molecule has 0 radical (unpaired) electrons. The Bertz CT molecular complexity index is 2160. The summed E-state index contributed by atoms with van der Waals surface area (Å²) in [5.74, 6) is 0. The molecule has 0 saturated heterocycles. The monoisotopic (exact) mass is 511 g/mol. The number of hydrogen-bond donors (Lipinski definition) is 0. The van der Waals surface area contributed by atoms with Crippen molar-refractivity contribution in [3.63, 3.8) is 0 Å². The van der Waals surface area contributed by atoms with E-state index in [0.717, 1.165) is 77.3 Å². The molecule has 0 aliphatic rings. The summed E-state index contributed by atoms with van der Waals surface area (Å²) < 4.78 is 12.2. The van der Waals surface area contributed by atoms with Crippen LogP contribution in [0.15, 0.2) is 136 Å². The lowest BCUT2D eigenvalue weighted by molar-refractivity contribution is 0.668. The first-order chi connectivity index (χ1) is 19.8. The predicted octanol–water partition coefficient (Wildman–Crippen LogP) is 10.4. The molecule has 3 heteroatoms. The average Bonchev–Trinajstić information content (AvgIpc) is 3.58. The fraction of sp³-hybridized carbons (Fsp3) is 0. The summed E-state index contributed by atoms with van der Waals surface area (Å²) in [4.78, 5) is 0. The van der Waals surface area contributed by atoms with E-state index in [1.807, 2.05) is 72.8 Å². The third-order valence-corrected chi connectivity index (χ3v) is 7.76. The predicted molar refractivity (Wildman–Crippen MR) is 162 cm³/mol. The maximum absolute atomic E-state index is 10.1. The van der Waals surface area contributed by atoms with Crippen LogP contribution in [0.5, 0.6) is 0 Å². The van der Waals surface area contributed by atoms with Crippen LogP contribution >= 0.6 is 0 Å². The molecule has 3 nitrogen and oxygen atoms in total. The Kier molecular flexibility index (Phi) is 4.89. The Labute approximate surface area is 230 Å². The molecule has 0 aliphatic carbocycles. The summed E-state index contributed by atoms with van der Waals surface area (Å²) in [6.45, 7) is 0. The highest BCUT2D eigenvalue weighted by Gasteiger charge is 2.19. The van der Waals surface area contributed by atoms with Crippen LogP contribution in [0.3, 0.4) is 0 Å². The maximum atomic E-state index is 10.1. The van der Waals surface area contributed by atoms with Crippen LogP contribution in [-0.4, -0.2) is 0 Å². The van der Waals surface area contributed by atoms with Crippen molar-refractivity contribution in [2.45, 2.75) is 0 Å². The van der Waals surface area contributed by atoms with Crippen LogP contribution in [0, 0.1) is 11.3 Å². The van der Waals surface area contributed by atoms with Gasteiger partial charge in [0.25, 0.3) is 0 Å². The third-order valence-electron chi connectivity index (χ3n) is 7.76. The lowest BCUT2D eigenvalue weighted by Gasteiger charge is -2.17. The van der Waals surface area contributed by atoms with Crippen molar-refractivity contribution in [2.75, 3.05) is 0 Å². The van der Waals surface area contributed by atoms with Gasteiger partial charge in [0.1, 0.15) is 22.3 Å². The molecule has 8 rings (SSSR count). The zero-order valence-corrected chi connectivity index (χ0v) is 21.4. The topological polar surface area (TPSA) is 50.1 Å². The highest BCUT2D eigenvalue weighted by atomic mass is 16.3. The van der Waals surface area contributed by atoms with Gasteiger partial charge in [0.05, 0.1) is 11.6 Å². The van der Waals surface area contributed by atoms with Crippen molar-refractivity contribution < 1.29 is 8.83 Å². The number of fused-ring (bicyclic) bond motifs is 6. The van der Waals surface area contributed by atoms with Crippen molar-refractivity contribution in [1.82, 2.24) is 0 Å². The molecule has 0 fully saturated rings. The van der Waals surface area contributed by atoms with Crippen molar-refractivity contribution >= 4 is 43.9 Å². The number of hydrogen-bond acceptors (Lipinski definition) is 3. The summed E-state index contributed by atoms with van der Waals surface area (Å²) in [6, 6.07) is 45.6. The van der Waals surface area contributed by atoms with E-state index in [-0.39, 0.29) is 0 Å². The number of benzene rings is 6. The highest BCUT2D eigenvalue weighted by Crippen LogP contribution is 2.44. The SMILES string of the molecule is N#Cc1ccccc1-c1c(-c2ccc3oc4ccccc4c3c2)cccc1-c1ccc2oc3ccccc3c2c1. The summed E-state index contributed by atoms with van der Waals surface area (Å²) in [7, 11) is 0. The second-order valence-corrected chi connectivity index (χ2v) is 10.0. The summed E-state index contributed by atoms with van der Waals surface area (Å²) in [5, 5.41) is 14.4. The van der Waals surface area contributed by atoms with Gasteiger partial charge in [-0.2, -0.15) is 5.26 Å². The second-order valence-electron chi connectivity index (χ2n) is 10.0. The fourth-order valence-corrected chi connectivity index (χ4v) is 5.91. The minimum absolute atomic E-state index is 0.640. The molecule has 0 N–H and O–H groups in total. The fourth-order valence-electron chi connectivity index (χ4n) is 5.91. The maximum Gasteiger partial charge on any atom is 0.135 e. The van der Waals surface area contributed by atoms with E-state index >= 15 is 0 Å². The Morgan fingerprint density at radius 2 is 0.900 bits per heavy atom. The van der Waals surface area contributed by atoms with Crippen LogP contribution in [-0.2, 0) is 0 Å². The molecule has 2 heterocycles. The number of furan rings is 2. The van der Waals surface area contributed by atoms with Crippen molar-refractivity contribution in [3.05, 3.63) is 133 Å². The first-order valence-corrected chi connectivity index (χ1v) is 13.2. The molecule has 6 aromatic carbocycles. The Morgan fingerprint density at radius 1 is 0.425 bits per heavy atom. The van der Waals surface area contributed by atoms with Gasteiger partial charge in [-0.15, -0.1) is 0 Å². The third kappa shape index (κ3) is 3.37. The van der Waals surface area contributed by atoms with Gasteiger partial charge in [0.15, 0.2) is 0 Å². The molecule has 0 saturated carbocycles. The van der Waals surface area contributed by atoms with Gasteiger partial charge in [-0.05, 0) is 70.3 Å². The summed E-state index contributed by atoms with van der Waals surface area (Å²) in [5.41, 5.74) is 10.3. The van der Waals surface area contributed by atoms with Crippen molar-refractivity contribution in [2.24, 2.45) is 0 Å². The van der Waals surface area contributed by atoms with Gasteiger partial charge >= 0.3 is 0 Å². The molecule has 0 aliphatic heterocycles. The van der Waals surface area contributed by atoms with E-state index in [9.17, 15) is 5.26 Å². The molecule has 0 atom stereocenters. The standard InChI is InChI=1S/C37H21NO2/c38-22-25-8-1-2-9-28(25)37-26(23-16-18-35-31(20-23)29-10-3-5-14-33(29)39-35)12-7-13-27(37)24-17-19-36-32(21-24)30-11-4-6-15-34(30)40-36/h1-21H. The first kappa shape index (κ1) is 22.4. The lowest BCUT2D eigenvalue weighted by atomic mass is 9.85. The molecule has 0 bridgehead atoms. The molecule has 2 aromatic heterocycles. The molecule has 186 valence electrons. The van der Waals surface area contributed by atoms with Gasteiger partial charge in [-0.25, -0.2) is 0 Å². The van der Waals surface area contributed by atoms with Gasteiger partial charge < -0.3 is 8.83 Å². The molecule has 8 aromatic rings. The van der Waals surface area contributed by atoms with Gasteiger partial charge in [0, 0.05) is 27.1 Å². The van der Waals surface area contributed by atoms with E-state index in [4.69, 9.17) is 8.83 Å². The average molecular weight is 512 g/mol. The zero-order valence-electron chi connectivity index (χ0n) is 21.4. The Balaban J connectivity index is 1.43. The molecule has 0 unspecified atom stereocenters. The van der Waals surface area contributed by atoms with Gasteiger partial charge in [0.2, 0.25) is 0 Å². The van der Waals surface area contributed by atoms with Crippen LogP contribution in [0.4, 0.5) is 0 Å². The Hall–Kier alpha value is -5.59. The number of nitriles is 1. The van der Waals surface area contributed by atoms with E-state index < -0.39 is 0 Å². The van der Waals surface area contributed by atoms with Crippen molar-refractivity contribution in [3.8, 4) is 39.4 Å². The quantitative estimate of drug-likeness (QED) is 0.237.